The van der Waals surface area contributed by atoms with Crippen molar-refractivity contribution in [1.82, 2.24) is 0 Å². The van der Waals surface area contributed by atoms with Crippen molar-refractivity contribution in [3.8, 4) is 11.5 Å². The van der Waals surface area contributed by atoms with Gasteiger partial charge in [-0.2, -0.15) is 0 Å². The number of hydrogen-bond donors (Lipinski definition) is 0. The number of benzene rings is 3. The third-order valence-electron chi connectivity index (χ3n) is 4.81. The van der Waals surface area contributed by atoms with E-state index in [1.807, 2.05) is 0 Å². The molecule has 0 aliphatic carbocycles. The fourth-order valence-corrected chi connectivity index (χ4v) is 3.30. The second-order valence-electron chi connectivity index (χ2n) is 7.08. The molecule has 0 amide bonds. The number of methoxy groups -OCH3 is 1. The van der Waals surface area contributed by atoms with Crippen LogP contribution in [0.5, 0.6) is 11.5 Å². The summed E-state index contributed by atoms with van der Waals surface area (Å²) in [5.74, 6) is -0.226. The van der Waals surface area contributed by atoms with E-state index in [1.54, 1.807) is 30.3 Å². The molecule has 0 atom stereocenters. The zero-order chi connectivity index (χ0) is 24.2. The molecule has 172 valence electrons. The van der Waals surface area contributed by atoms with E-state index in [1.165, 1.54) is 43.5 Å². The van der Waals surface area contributed by atoms with Crippen molar-refractivity contribution in [3.63, 3.8) is 0 Å². The summed E-state index contributed by atoms with van der Waals surface area (Å²) >= 11 is 5.83. The molecule has 0 aromatic heterocycles. The molecular formula is C24H16ClFN2O6. The molecule has 34 heavy (non-hydrogen) atoms. The van der Waals surface area contributed by atoms with E-state index in [4.69, 9.17) is 25.8 Å². The van der Waals surface area contributed by atoms with Crippen LogP contribution in [0, 0.1) is 15.9 Å². The van der Waals surface area contributed by atoms with Crippen molar-refractivity contribution < 1.29 is 28.3 Å². The molecule has 10 heteroatoms. The van der Waals surface area contributed by atoms with E-state index < -0.39 is 10.9 Å². The largest absolute Gasteiger partial charge is 0.493 e. The summed E-state index contributed by atoms with van der Waals surface area (Å²) in [5, 5.41) is 11.1. The quantitative estimate of drug-likeness (QED) is 0.195. The minimum Gasteiger partial charge on any atom is -0.493 e. The Hall–Kier alpha value is -4.24. The topological polar surface area (TPSA) is 100 Å². The zero-order valence-electron chi connectivity index (χ0n) is 17.7. The lowest BCUT2D eigenvalue weighted by molar-refractivity contribution is -0.384. The van der Waals surface area contributed by atoms with Crippen LogP contribution in [-0.2, 0) is 16.1 Å². The summed E-state index contributed by atoms with van der Waals surface area (Å²) in [6.07, 6.45) is 1.49. The number of ether oxygens (including phenoxy) is 3. The predicted molar refractivity (Wildman–Crippen MR) is 122 cm³/mol. The molecule has 3 aromatic carbocycles. The van der Waals surface area contributed by atoms with Gasteiger partial charge in [0, 0.05) is 11.6 Å². The maximum Gasteiger partial charge on any atom is 0.363 e. The zero-order valence-corrected chi connectivity index (χ0v) is 18.4. The molecule has 1 aliphatic rings. The van der Waals surface area contributed by atoms with E-state index in [-0.39, 0.29) is 40.3 Å². The Morgan fingerprint density at radius 3 is 2.59 bits per heavy atom. The van der Waals surface area contributed by atoms with Gasteiger partial charge in [0.2, 0.25) is 5.90 Å². The predicted octanol–water partition coefficient (Wildman–Crippen LogP) is 5.32. The van der Waals surface area contributed by atoms with Crippen LogP contribution in [0.15, 0.2) is 71.4 Å². The lowest BCUT2D eigenvalue weighted by Crippen LogP contribution is -2.06. The summed E-state index contributed by atoms with van der Waals surface area (Å²) in [7, 11) is 1.48. The normalized spacial score (nSPS) is 14.0. The molecule has 4 rings (SSSR count). The van der Waals surface area contributed by atoms with Crippen LogP contribution in [0.1, 0.15) is 16.7 Å². The van der Waals surface area contributed by atoms with Crippen LogP contribution in [0.4, 0.5) is 10.1 Å². The van der Waals surface area contributed by atoms with Crippen molar-refractivity contribution in [1.29, 1.82) is 0 Å². The summed E-state index contributed by atoms with van der Waals surface area (Å²) in [4.78, 5) is 26.9. The number of aliphatic imine (C=N–C) groups is 1. The van der Waals surface area contributed by atoms with Crippen LogP contribution >= 0.6 is 11.6 Å². The van der Waals surface area contributed by atoms with Gasteiger partial charge in [0.25, 0.3) is 5.69 Å². The number of nitrogens with zero attached hydrogens (tertiary/aromatic N) is 2. The van der Waals surface area contributed by atoms with Gasteiger partial charge >= 0.3 is 5.97 Å². The van der Waals surface area contributed by atoms with Gasteiger partial charge in [-0.25, -0.2) is 14.2 Å². The Bertz CT molecular complexity index is 1340. The number of carbonyl (C=O) groups excluding carboxylic acids is 1. The molecule has 0 saturated carbocycles. The number of rotatable bonds is 7. The third kappa shape index (κ3) is 5.05. The van der Waals surface area contributed by atoms with Crippen LogP contribution in [0.3, 0.4) is 0 Å². The van der Waals surface area contributed by atoms with Gasteiger partial charge in [-0.05, 0) is 53.6 Å². The summed E-state index contributed by atoms with van der Waals surface area (Å²) < 4.78 is 29.4. The summed E-state index contributed by atoms with van der Waals surface area (Å²) in [6.45, 7) is 0.213. The molecule has 1 heterocycles. The highest BCUT2D eigenvalue weighted by Gasteiger charge is 2.26. The van der Waals surface area contributed by atoms with Crippen molar-refractivity contribution in [2.75, 3.05) is 7.11 Å². The monoisotopic (exact) mass is 482 g/mol. The van der Waals surface area contributed by atoms with Crippen molar-refractivity contribution >= 4 is 35.2 Å². The highest BCUT2D eigenvalue weighted by atomic mass is 35.5. The molecule has 0 unspecified atom stereocenters. The molecule has 8 nitrogen and oxygen atoms in total. The maximum atomic E-state index is 13.1. The second-order valence-corrected chi connectivity index (χ2v) is 7.49. The highest BCUT2D eigenvalue weighted by Crippen LogP contribution is 2.31. The van der Waals surface area contributed by atoms with E-state index in [2.05, 4.69) is 4.99 Å². The number of nitro groups is 1. The molecule has 0 spiro atoms. The number of esters is 1. The molecule has 0 fully saturated rings. The molecule has 0 bridgehead atoms. The van der Waals surface area contributed by atoms with Crippen LogP contribution in [0.25, 0.3) is 6.08 Å². The van der Waals surface area contributed by atoms with Gasteiger partial charge < -0.3 is 14.2 Å². The van der Waals surface area contributed by atoms with Crippen LogP contribution < -0.4 is 9.47 Å². The standard InChI is InChI=1S/C24H16ClFN2O6/c1-32-22-11-15(4-9-21(22)33-13-14-2-6-17(26)7-3-14)10-19-24(29)34-23(27-19)16-5-8-18(25)20(12-16)28(30)31/h2-12H,13H2,1H3/b19-10+. The Morgan fingerprint density at radius 1 is 1.12 bits per heavy atom. The molecule has 0 saturated heterocycles. The van der Waals surface area contributed by atoms with Crippen LogP contribution in [0.2, 0.25) is 5.02 Å². The summed E-state index contributed by atoms with van der Waals surface area (Å²) in [6, 6.07) is 15.0. The summed E-state index contributed by atoms with van der Waals surface area (Å²) in [5.41, 5.74) is 1.30. The van der Waals surface area contributed by atoms with E-state index in [0.29, 0.717) is 17.1 Å². The third-order valence-corrected chi connectivity index (χ3v) is 5.13. The average molecular weight is 483 g/mol. The number of hydrogen-bond acceptors (Lipinski definition) is 7. The molecule has 3 aromatic rings. The number of carbonyl (C=O) groups is 1. The first-order valence-electron chi connectivity index (χ1n) is 9.86. The first-order chi connectivity index (χ1) is 16.3. The van der Waals surface area contributed by atoms with Crippen molar-refractivity contribution in [3.05, 3.63) is 104 Å². The van der Waals surface area contributed by atoms with E-state index >= 15 is 0 Å². The van der Waals surface area contributed by atoms with Gasteiger partial charge in [-0.1, -0.05) is 29.8 Å². The Balaban J connectivity index is 1.55. The Labute approximate surface area is 198 Å². The molecule has 0 N–H and O–H groups in total. The number of nitro benzene ring substituents is 1. The molecule has 0 radical (unpaired) electrons. The second kappa shape index (κ2) is 9.72. The maximum absolute atomic E-state index is 13.1. The SMILES string of the molecule is COc1cc(/C=C2/N=C(c3ccc(Cl)c([N+](=O)[O-])c3)OC2=O)ccc1OCc1ccc(F)cc1. The minimum atomic E-state index is -0.705. The van der Waals surface area contributed by atoms with Crippen molar-refractivity contribution in [2.24, 2.45) is 4.99 Å². The van der Waals surface area contributed by atoms with Gasteiger partial charge in [-0.15, -0.1) is 0 Å². The van der Waals surface area contributed by atoms with Gasteiger partial charge in [-0.3, -0.25) is 10.1 Å². The van der Waals surface area contributed by atoms with Crippen LogP contribution in [-0.4, -0.2) is 23.9 Å². The number of cyclic esters (lactones) is 1. The fourth-order valence-electron chi connectivity index (χ4n) is 3.11. The molecule has 1 aliphatic heterocycles. The fraction of sp³-hybridized carbons (Fsp3) is 0.0833. The first kappa shape index (κ1) is 22.9. The van der Waals surface area contributed by atoms with Gasteiger partial charge in [0.15, 0.2) is 17.2 Å². The van der Waals surface area contributed by atoms with Gasteiger partial charge in [0.05, 0.1) is 12.0 Å². The highest BCUT2D eigenvalue weighted by molar-refractivity contribution is 6.32. The molecular weight excluding hydrogens is 467 g/mol. The lowest BCUT2D eigenvalue weighted by Gasteiger charge is -2.11. The van der Waals surface area contributed by atoms with E-state index in [0.717, 1.165) is 5.56 Å². The average Bonchev–Trinajstić information content (AvgIpc) is 3.19. The van der Waals surface area contributed by atoms with Gasteiger partial charge in [0.1, 0.15) is 17.4 Å². The smallest absolute Gasteiger partial charge is 0.363 e. The Kier molecular flexibility index (Phi) is 6.55. The van der Waals surface area contributed by atoms with E-state index in [9.17, 15) is 19.3 Å². The number of halogens is 2. The lowest BCUT2D eigenvalue weighted by atomic mass is 10.1. The Morgan fingerprint density at radius 2 is 1.88 bits per heavy atom. The first-order valence-corrected chi connectivity index (χ1v) is 10.2. The van der Waals surface area contributed by atoms with Crippen molar-refractivity contribution in [2.45, 2.75) is 6.61 Å². The minimum absolute atomic E-state index is 0.00892.